The molecule has 1 aliphatic rings. The summed E-state index contributed by atoms with van der Waals surface area (Å²) in [7, 11) is 1.55. The summed E-state index contributed by atoms with van der Waals surface area (Å²) in [5.74, 6) is -3.04. The van der Waals surface area contributed by atoms with Crippen LogP contribution in [0.5, 0.6) is 5.75 Å². The molecule has 0 bridgehead atoms. The minimum atomic E-state index is -4.95. The first-order valence-corrected chi connectivity index (χ1v) is 9.72. The van der Waals surface area contributed by atoms with Gasteiger partial charge in [0, 0.05) is 6.54 Å². The Kier molecular flexibility index (Phi) is 6.38. The van der Waals surface area contributed by atoms with Crippen LogP contribution in [0.3, 0.4) is 0 Å². The third kappa shape index (κ3) is 4.90. The predicted molar refractivity (Wildman–Crippen MR) is 109 cm³/mol. The molecule has 0 saturated heterocycles. The summed E-state index contributed by atoms with van der Waals surface area (Å²) >= 11 is 0. The summed E-state index contributed by atoms with van der Waals surface area (Å²) in [6.07, 6.45) is -2.27. The van der Waals surface area contributed by atoms with Gasteiger partial charge in [0.1, 0.15) is 5.75 Å². The SMILES string of the molecule is CCC(C(=O)O)C1=Cc2ccc(OC)cc2Cc2cc(CNC(=O)C(F)(F)F)ccc21. The lowest BCUT2D eigenvalue weighted by atomic mass is 9.87. The van der Waals surface area contributed by atoms with Gasteiger partial charge in [-0.05, 0) is 64.4 Å². The van der Waals surface area contributed by atoms with Crippen molar-refractivity contribution in [3.8, 4) is 5.75 Å². The van der Waals surface area contributed by atoms with Gasteiger partial charge in [-0.3, -0.25) is 9.59 Å². The van der Waals surface area contributed by atoms with Crippen molar-refractivity contribution < 1.29 is 32.6 Å². The van der Waals surface area contributed by atoms with E-state index in [1.807, 2.05) is 23.5 Å². The Morgan fingerprint density at radius 1 is 1.16 bits per heavy atom. The van der Waals surface area contributed by atoms with Gasteiger partial charge in [0.2, 0.25) is 0 Å². The van der Waals surface area contributed by atoms with Crippen LogP contribution >= 0.6 is 0 Å². The first-order valence-electron chi connectivity index (χ1n) is 9.72. The Labute approximate surface area is 177 Å². The molecule has 1 atom stereocenters. The van der Waals surface area contributed by atoms with E-state index in [-0.39, 0.29) is 6.54 Å². The number of aliphatic carboxylic acids is 1. The molecule has 2 aromatic rings. The number of ether oxygens (including phenoxy) is 1. The van der Waals surface area contributed by atoms with Crippen LogP contribution < -0.4 is 10.1 Å². The van der Waals surface area contributed by atoms with E-state index in [0.29, 0.717) is 29.7 Å². The monoisotopic (exact) mass is 433 g/mol. The molecule has 8 heteroatoms. The van der Waals surface area contributed by atoms with Crippen LogP contribution in [-0.2, 0) is 22.6 Å². The molecule has 1 amide bonds. The molecule has 3 rings (SSSR count). The van der Waals surface area contributed by atoms with Gasteiger partial charge in [-0.1, -0.05) is 31.2 Å². The number of nitrogens with one attached hydrogen (secondary N) is 1. The number of carboxylic acid groups (broad SMARTS) is 1. The lowest BCUT2D eigenvalue weighted by molar-refractivity contribution is -0.173. The van der Waals surface area contributed by atoms with Crippen molar-refractivity contribution in [3.05, 3.63) is 64.2 Å². The van der Waals surface area contributed by atoms with E-state index in [4.69, 9.17) is 4.74 Å². The first-order chi connectivity index (χ1) is 14.6. The number of amides is 1. The number of hydrogen-bond donors (Lipinski definition) is 2. The number of carbonyl (C=O) groups excluding carboxylic acids is 1. The normalized spacial score (nSPS) is 13.9. The van der Waals surface area contributed by atoms with Crippen LogP contribution in [0.15, 0.2) is 36.4 Å². The van der Waals surface area contributed by atoms with E-state index in [2.05, 4.69) is 0 Å². The molecule has 31 heavy (non-hydrogen) atoms. The van der Waals surface area contributed by atoms with E-state index in [1.165, 1.54) is 0 Å². The number of hydrogen-bond acceptors (Lipinski definition) is 3. The van der Waals surface area contributed by atoms with Crippen molar-refractivity contribution >= 4 is 23.5 Å². The number of carboxylic acids is 1. The lowest BCUT2D eigenvalue weighted by Gasteiger charge is -2.18. The van der Waals surface area contributed by atoms with Crippen molar-refractivity contribution in [1.29, 1.82) is 0 Å². The molecule has 0 fully saturated rings. The summed E-state index contributed by atoms with van der Waals surface area (Å²) in [6.45, 7) is 1.51. The quantitative estimate of drug-likeness (QED) is 0.707. The van der Waals surface area contributed by atoms with Gasteiger partial charge in [0.15, 0.2) is 0 Å². The number of carbonyl (C=O) groups is 2. The van der Waals surface area contributed by atoms with Crippen LogP contribution in [-0.4, -0.2) is 30.3 Å². The molecule has 0 heterocycles. The fraction of sp³-hybridized carbons (Fsp3) is 0.304. The number of methoxy groups -OCH3 is 1. The summed E-state index contributed by atoms with van der Waals surface area (Å²) in [4.78, 5) is 23.0. The van der Waals surface area contributed by atoms with Crippen LogP contribution in [0.1, 0.15) is 41.2 Å². The summed E-state index contributed by atoms with van der Waals surface area (Å²) in [5.41, 5.74) is 4.41. The molecule has 0 saturated carbocycles. The molecular weight excluding hydrogens is 411 g/mol. The van der Waals surface area contributed by atoms with Gasteiger partial charge in [0.05, 0.1) is 13.0 Å². The Morgan fingerprint density at radius 2 is 1.90 bits per heavy atom. The largest absolute Gasteiger partial charge is 0.497 e. The van der Waals surface area contributed by atoms with E-state index < -0.39 is 24.0 Å². The Hall–Kier alpha value is -3.29. The molecule has 0 aromatic heterocycles. The number of halogens is 3. The maximum atomic E-state index is 12.5. The van der Waals surface area contributed by atoms with E-state index in [1.54, 1.807) is 38.3 Å². The summed E-state index contributed by atoms with van der Waals surface area (Å²) in [5, 5.41) is 11.6. The van der Waals surface area contributed by atoms with Crippen molar-refractivity contribution in [1.82, 2.24) is 5.32 Å². The lowest BCUT2D eigenvalue weighted by Crippen LogP contribution is -2.36. The van der Waals surface area contributed by atoms with Crippen molar-refractivity contribution in [2.75, 3.05) is 7.11 Å². The standard InChI is InChI=1S/C23H22F3NO4/c1-3-18(21(28)29)20-11-14-5-6-17(31-2)10-15(14)9-16-8-13(4-7-19(16)20)12-27-22(30)23(24,25)26/h4-8,10-11,18H,3,9,12H2,1-2H3,(H,27,30)(H,28,29). The van der Waals surface area contributed by atoms with Gasteiger partial charge < -0.3 is 15.2 Å². The fourth-order valence-electron chi connectivity index (χ4n) is 3.74. The second-order valence-electron chi connectivity index (χ2n) is 7.31. The van der Waals surface area contributed by atoms with Crippen LogP contribution in [0.2, 0.25) is 0 Å². The van der Waals surface area contributed by atoms with Gasteiger partial charge in [0.25, 0.3) is 0 Å². The fourth-order valence-corrected chi connectivity index (χ4v) is 3.74. The third-order valence-electron chi connectivity index (χ3n) is 5.31. The highest BCUT2D eigenvalue weighted by Gasteiger charge is 2.38. The molecule has 1 unspecified atom stereocenters. The zero-order valence-corrected chi connectivity index (χ0v) is 17.0. The average Bonchev–Trinajstić information content (AvgIpc) is 2.87. The molecule has 2 aromatic carbocycles. The number of benzene rings is 2. The highest BCUT2D eigenvalue weighted by atomic mass is 19.4. The predicted octanol–water partition coefficient (Wildman–Crippen LogP) is 4.43. The summed E-state index contributed by atoms with van der Waals surface area (Å²) in [6, 6.07) is 10.5. The van der Waals surface area contributed by atoms with Gasteiger partial charge >= 0.3 is 18.1 Å². The molecule has 0 aliphatic heterocycles. The maximum absolute atomic E-state index is 12.5. The molecule has 0 spiro atoms. The zero-order chi connectivity index (χ0) is 22.8. The second kappa shape index (κ2) is 8.83. The molecule has 2 N–H and O–H groups in total. The number of fused-ring (bicyclic) bond motifs is 2. The maximum Gasteiger partial charge on any atom is 0.471 e. The Morgan fingerprint density at radius 3 is 2.52 bits per heavy atom. The van der Waals surface area contributed by atoms with Crippen molar-refractivity contribution in [2.45, 2.75) is 32.5 Å². The third-order valence-corrected chi connectivity index (χ3v) is 5.31. The van der Waals surface area contributed by atoms with E-state index >= 15 is 0 Å². The molecule has 0 radical (unpaired) electrons. The van der Waals surface area contributed by atoms with Gasteiger partial charge in [-0.15, -0.1) is 0 Å². The van der Waals surface area contributed by atoms with Gasteiger partial charge in [-0.25, -0.2) is 0 Å². The van der Waals surface area contributed by atoms with Crippen LogP contribution in [0, 0.1) is 5.92 Å². The van der Waals surface area contributed by atoms with E-state index in [0.717, 1.165) is 22.3 Å². The average molecular weight is 433 g/mol. The van der Waals surface area contributed by atoms with E-state index in [9.17, 15) is 27.9 Å². The molecular formula is C23H22F3NO4. The molecule has 1 aliphatic carbocycles. The first kappa shape index (κ1) is 22.4. The Bertz CT molecular complexity index is 1040. The molecule has 164 valence electrons. The smallest absolute Gasteiger partial charge is 0.471 e. The number of alkyl halides is 3. The highest BCUT2D eigenvalue weighted by Crippen LogP contribution is 2.37. The minimum absolute atomic E-state index is 0.286. The van der Waals surface area contributed by atoms with Crippen molar-refractivity contribution in [2.24, 2.45) is 5.92 Å². The second-order valence-corrected chi connectivity index (χ2v) is 7.31. The van der Waals surface area contributed by atoms with Crippen LogP contribution in [0.4, 0.5) is 13.2 Å². The van der Waals surface area contributed by atoms with Gasteiger partial charge in [-0.2, -0.15) is 13.2 Å². The highest BCUT2D eigenvalue weighted by molar-refractivity contribution is 5.96. The minimum Gasteiger partial charge on any atom is -0.497 e. The topological polar surface area (TPSA) is 75.6 Å². The number of rotatable bonds is 6. The molecule has 5 nitrogen and oxygen atoms in total. The van der Waals surface area contributed by atoms with Crippen molar-refractivity contribution in [3.63, 3.8) is 0 Å². The zero-order valence-electron chi connectivity index (χ0n) is 17.0. The Balaban J connectivity index is 2.05. The summed E-state index contributed by atoms with van der Waals surface area (Å²) < 4.78 is 42.7. The van der Waals surface area contributed by atoms with Crippen LogP contribution in [0.25, 0.3) is 11.6 Å².